The number of anilines is 2. The van der Waals surface area contributed by atoms with Crippen LogP contribution in [0.15, 0.2) is 42.6 Å². The number of aryl methyl sites for hydroxylation is 1. The Bertz CT molecular complexity index is 649. The molecule has 0 atom stereocenters. The highest BCUT2D eigenvalue weighted by Gasteiger charge is 2.14. The molecule has 2 heterocycles. The highest BCUT2D eigenvalue weighted by atomic mass is 16.5. The SMILES string of the molecule is Cc1ccc(NC(=O)c2ccnc(N3CCOCC3)c2)cc1. The van der Waals surface area contributed by atoms with E-state index in [4.69, 9.17) is 4.74 Å². The van der Waals surface area contributed by atoms with E-state index >= 15 is 0 Å². The fourth-order valence-electron chi connectivity index (χ4n) is 2.37. The summed E-state index contributed by atoms with van der Waals surface area (Å²) in [5.74, 6) is 0.695. The molecule has 0 saturated carbocycles. The molecule has 22 heavy (non-hydrogen) atoms. The summed E-state index contributed by atoms with van der Waals surface area (Å²) in [7, 11) is 0. The molecule has 0 spiro atoms. The minimum atomic E-state index is -0.124. The molecule has 0 bridgehead atoms. The van der Waals surface area contributed by atoms with E-state index in [-0.39, 0.29) is 5.91 Å². The van der Waals surface area contributed by atoms with Crippen LogP contribution in [-0.4, -0.2) is 37.2 Å². The molecule has 0 aliphatic carbocycles. The highest BCUT2D eigenvalue weighted by Crippen LogP contribution is 2.16. The van der Waals surface area contributed by atoms with Crippen molar-refractivity contribution in [2.75, 3.05) is 36.5 Å². The summed E-state index contributed by atoms with van der Waals surface area (Å²) in [4.78, 5) is 18.8. The predicted octanol–water partition coefficient (Wildman–Crippen LogP) is 2.48. The lowest BCUT2D eigenvalue weighted by Gasteiger charge is -2.27. The van der Waals surface area contributed by atoms with Crippen LogP contribution >= 0.6 is 0 Å². The van der Waals surface area contributed by atoms with Crippen molar-refractivity contribution in [3.63, 3.8) is 0 Å². The Morgan fingerprint density at radius 1 is 1.18 bits per heavy atom. The number of nitrogens with one attached hydrogen (secondary N) is 1. The van der Waals surface area contributed by atoms with Crippen molar-refractivity contribution in [3.05, 3.63) is 53.7 Å². The topological polar surface area (TPSA) is 54.5 Å². The van der Waals surface area contributed by atoms with Gasteiger partial charge >= 0.3 is 0 Å². The highest BCUT2D eigenvalue weighted by molar-refractivity contribution is 6.04. The molecule has 1 aliphatic rings. The van der Waals surface area contributed by atoms with E-state index in [1.54, 1.807) is 12.3 Å². The molecule has 3 rings (SSSR count). The van der Waals surface area contributed by atoms with Gasteiger partial charge < -0.3 is 15.0 Å². The molecule has 2 aromatic rings. The maximum absolute atomic E-state index is 12.4. The molecule has 0 unspecified atom stereocenters. The maximum atomic E-state index is 12.4. The van der Waals surface area contributed by atoms with Gasteiger partial charge in [-0.15, -0.1) is 0 Å². The zero-order valence-electron chi connectivity index (χ0n) is 12.6. The van der Waals surface area contributed by atoms with Crippen molar-refractivity contribution in [2.24, 2.45) is 0 Å². The smallest absolute Gasteiger partial charge is 0.255 e. The van der Waals surface area contributed by atoms with Crippen LogP contribution in [0.5, 0.6) is 0 Å². The number of amides is 1. The van der Waals surface area contributed by atoms with E-state index in [1.165, 1.54) is 0 Å². The Morgan fingerprint density at radius 2 is 1.91 bits per heavy atom. The van der Waals surface area contributed by atoms with Crippen LogP contribution in [0.1, 0.15) is 15.9 Å². The monoisotopic (exact) mass is 297 g/mol. The van der Waals surface area contributed by atoms with Crippen molar-refractivity contribution in [2.45, 2.75) is 6.92 Å². The van der Waals surface area contributed by atoms with Crippen molar-refractivity contribution in [3.8, 4) is 0 Å². The van der Waals surface area contributed by atoms with Gasteiger partial charge in [-0.05, 0) is 31.2 Å². The number of ether oxygens (including phenoxy) is 1. The summed E-state index contributed by atoms with van der Waals surface area (Å²) in [5, 5.41) is 2.91. The van der Waals surface area contributed by atoms with Gasteiger partial charge in [-0.3, -0.25) is 4.79 Å². The summed E-state index contributed by atoms with van der Waals surface area (Å²) < 4.78 is 5.34. The third kappa shape index (κ3) is 3.43. The molecule has 1 fully saturated rings. The number of hydrogen-bond donors (Lipinski definition) is 1. The lowest BCUT2D eigenvalue weighted by molar-refractivity contribution is 0.102. The number of pyridine rings is 1. The van der Waals surface area contributed by atoms with Gasteiger partial charge in [0.2, 0.25) is 0 Å². The molecule has 1 aliphatic heterocycles. The van der Waals surface area contributed by atoms with Gasteiger partial charge in [0.15, 0.2) is 0 Å². The number of rotatable bonds is 3. The summed E-state index contributed by atoms with van der Waals surface area (Å²) in [5.41, 5.74) is 2.56. The van der Waals surface area contributed by atoms with E-state index in [0.29, 0.717) is 18.8 Å². The fourth-order valence-corrected chi connectivity index (χ4v) is 2.37. The van der Waals surface area contributed by atoms with E-state index in [1.807, 2.05) is 37.3 Å². The zero-order valence-corrected chi connectivity index (χ0v) is 12.6. The maximum Gasteiger partial charge on any atom is 0.255 e. The normalized spacial score (nSPS) is 14.7. The molecule has 1 N–H and O–H groups in total. The van der Waals surface area contributed by atoms with Crippen molar-refractivity contribution >= 4 is 17.4 Å². The van der Waals surface area contributed by atoms with Crippen molar-refractivity contribution in [1.29, 1.82) is 0 Å². The Labute approximate surface area is 129 Å². The molecule has 5 heteroatoms. The van der Waals surface area contributed by atoms with Gasteiger partial charge in [0.05, 0.1) is 13.2 Å². The third-order valence-electron chi connectivity index (χ3n) is 3.65. The summed E-state index contributed by atoms with van der Waals surface area (Å²) in [6.45, 7) is 5.01. The first-order valence-corrected chi connectivity index (χ1v) is 7.39. The third-order valence-corrected chi connectivity index (χ3v) is 3.65. The van der Waals surface area contributed by atoms with Gasteiger partial charge in [-0.1, -0.05) is 17.7 Å². The van der Waals surface area contributed by atoms with E-state index in [0.717, 1.165) is 30.2 Å². The van der Waals surface area contributed by atoms with Gasteiger partial charge in [0.25, 0.3) is 5.91 Å². The predicted molar refractivity (Wildman–Crippen MR) is 86.4 cm³/mol. The Kier molecular flexibility index (Phi) is 4.34. The minimum absolute atomic E-state index is 0.124. The van der Waals surface area contributed by atoms with Crippen LogP contribution in [0.2, 0.25) is 0 Å². The Hall–Kier alpha value is -2.40. The first-order valence-electron chi connectivity index (χ1n) is 7.39. The van der Waals surface area contributed by atoms with Crippen LogP contribution in [0.25, 0.3) is 0 Å². The molecule has 1 amide bonds. The quantitative estimate of drug-likeness (QED) is 0.945. The number of nitrogens with zero attached hydrogens (tertiary/aromatic N) is 2. The second-order valence-electron chi connectivity index (χ2n) is 5.32. The summed E-state index contributed by atoms with van der Waals surface area (Å²) in [6, 6.07) is 11.3. The molecule has 1 aromatic carbocycles. The minimum Gasteiger partial charge on any atom is -0.378 e. The Balaban J connectivity index is 1.73. The van der Waals surface area contributed by atoms with E-state index < -0.39 is 0 Å². The lowest BCUT2D eigenvalue weighted by atomic mass is 10.2. The molecule has 1 aromatic heterocycles. The second-order valence-corrected chi connectivity index (χ2v) is 5.32. The van der Waals surface area contributed by atoms with Gasteiger partial charge in [0, 0.05) is 30.5 Å². The zero-order chi connectivity index (χ0) is 15.4. The van der Waals surface area contributed by atoms with Crippen molar-refractivity contribution < 1.29 is 9.53 Å². The van der Waals surface area contributed by atoms with Crippen molar-refractivity contribution in [1.82, 2.24) is 4.98 Å². The number of carbonyl (C=O) groups excluding carboxylic acids is 1. The number of carbonyl (C=O) groups is 1. The first kappa shape index (κ1) is 14.5. The average Bonchev–Trinajstić information content (AvgIpc) is 2.58. The van der Waals surface area contributed by atoms with Gasteiger partial charge in [-0.2, -0.15) is 0 Å². The number of benzene rings is 1. The van der Waals surface area contributed by atoms with E-state index in [9.17, 15) is 4.79 Å². The standard InChI is InChI=1S/C17H19N3O2/c1-13-2-4-15(5-3-13)19-17(21)14-6-7-18-16(12-14)20-8-10-22-11-9-20/h2-7,12H,8-11H2,1H3,(H,19,21). The molecule has 0 radical (unpaired) electrons. The molecule has 5 nitrogen and oxygen atoms in total. The summed E-state index contributed by atoms with van der Waals surface area (Å²) in [6.07, 6.45) is 1.68. The van der Waals surface area contributed by atoms with Crippen LogP contribution < -0.4 is 10.2 Å². The van der Waals surface area contributed by atoms with Crippen LogP contribution in [0.4, 0.5) is 11.5 Å². The van der Waals surface area contributed by atoms with Crippen LogP contribution in [0.3, 0.4) is 0 Å². The lowest BCUT2D eigenvalue weighted by Crippen LogP contribution is -2.36. The molecule has 1 saturated heterocycles. The van der Waals surface area contributed by atoms with Crippen LogP contribution in [0, 0.1) is 6.92 Å². The largest absolute Gasteiger partial charge is 0.378 e. The first-order chi connectivity index (χ1) is 10.7. The Morgan fingerprint density at radius 3 is 2.64 bits per heavy atom. The molecule has 114 valence electrons. The molecular formula is C17H19N3O2. The molecular weight excluding hydrogens is 278 g/mol. The number of morpholine rings is 1. The number of aromatic nitrogens is 1. The van der Waals surface area contributed by atoms with E-state index in [2.05, 4.69) is 15.2 Å². The number of hydrogen-bond acceptors (Lipinski definition) is 4. The van der Waals surface area contributed by atoms with Crippen LogP contribution in [-0.2, 0) is 4.74 Å². The average molecular weight is 297 g/mol. The fraction of sp³-hybridized carbons (Fsp3) is 0.294. The van der Waals surface area contributed by atoms with Gasteiger partial charge in [-0.25, -0.2) is 4.98 Å². The summed E-state index contributed by atoms with van der Waals surface area (Å²) >= 11 is 0. The van der Waals surface area contributed by atoms with Gasteiger partial charge in [0.1, 0.15) is 5.82 Å². The second kappa shape index (κ2) is 6.58.